The Hall–Kier alpha value is -2.58. The molecule has 21 heavy (non-hydrogen) atoms. The Balaban J connectivity index is 2.50. The Morgan fingerprint density at radius 1 is 1.29 bits per heavy atom. The van der Waals surface area contributed by atoms with Crippen molar-refractivity contribution in [3.05, 3.63) is 41.3 Å². The molecule has 0 saturated carbocycles. The molecule has 0 amide bonds. The Morgan fingerprint density at radius 2 is 1.86 bits per heavy atom. The molecule has 0 bridgehead atoms. The molecule has 0 aliphatic rings. The molecule has 1 heterocycles. The van der Waals surface area contributed by atoms with E-state index in [1.54, 1.807) is 0 Å². The molecule has 0 atom stereocenters. The van der Waals surface area contributed by atoms with Gasteiger partial charge in [-0.25, -0.2) is 13.9 Å². The molecule has 0 spiro atoms. The molecule has 112 valence electrons. The molecular weight excluding hydrogens is 296 g/mol. The van der Waals surface area contributed by atoms with Crippen LogP contribution in [-0.4, -0.2) is 20.9 Å². The first-order valence-electron chi connectivity index (χ1n) is 5.51. The fourth-order valence-corrected chi connectivity index (χ4v) is 1.63. The molecule has 2 rings (SSSR count). The standard InChI is InChI=1S/C12H8F4N2O3/c1-18-10(21-7-4-2-6(13)3-5-7)8(11(19)20)9(17-18)12(14,15)16/h2-5H,1H3,(H,19,20). The molecule has 0 aliphatic heterocycles. The van der Waals surface area contributed by atoms with E-state index in [1.165, 1.54) is 0 Å². The summed E-state index contributed by atoms with van der Waals surface area (Å²) in [4.78, 5) is 11.1. The normalized spacial score (nSPS) is 11.5. The largest absolute Gasteiger partial charge is 0.477 e. The molecular formula is C12H8F4N2O3. The van der Waals surface area contributed by atoms with Crippen LogP contribution < -0.4 is 4.74 Å². The van der Waals surface area contributed by atoms with E-state index < -0.39 is 35.1 Å². The second kappa shape index (κ2) is 5.08. The molecule has 0 radical (unpaired) electrons. The average Bonchev–Trinajstić information content (AvgIpc) is 2.70. The number of aryl methyl sites for hydroxylation is 1. The van der Waals surface area contributed by atoms with Crippen molar-refractivity contribution in [2.75, 3.05) is 0 Å². The van der Waals surface area contributed by atoms with Crippen molar-refractivity contribution < 1.29 is 32.2 Å². The van der Waals surface area contributed by atoms with Gasteiger partial charge in [0.1, 0.15) is 11.6 Å². The number of nitrogens with zero attached hydrogens (tertiary/aromatic N) is 2. The maximum absolute atomic E-state index is 12.8. The van der Waals surface area contributed by atoms with E-state index in [0.29, 0.717) is 4.68 Å². The van der Waals surface area contributed by atoms with Crippen molar-refractivity contribution in [1.82, 2.24) is 9.78 Å². The number of aromatic nitrogens is 2. The van der Waals surface area contributed by atoms with E-state index in [9.17, 15) is 22.4 Å². The van der Waals surface area contributed by atoms with Gasteiger partial charge < -0.3 is 9.84 Å². The Labute approximate surface area is 115 Å². The number of halogens is 4. The lowest BCUT2D eigenvalue weighted by Crippen LogP contribution is -2.12. The summed E-state index contributed by atoms with van der Waals surface area (Å²) in [6, 6.07) is 4.36. The van der Waals surface area contributed by atoms with Gasteiger partial charge in [-0.1, -0.05) is 0 Å². The van der Waals surface area contributed by atoms with Gasteiger partial charge in [0.15, 0.2) is 11.3 Å². The number of aromatic carboxylic acids is 1. The van der Waals surface area contributed by atoms with Gasteiger partial charge >= 0.3 is 12.1 Å². The smallest absolute Gasteiger partial charge is 0.436 e. The molecule has 0 unspecified atom stereocenters. The maximum Gasteiger partial charge on any atom is 0.436 e. The minimum atomic E-state index is -4.93. The Morgan fingerprint density at radius 3 is 2.33 bits per heavy atom. The van der Waals surface area contributed by atoms with Gasteiger partial charge in [-0.15, -0.1) is 0 Å². The monoisotopic (exact) mass is 304 g/mol. The van der Waals surface area contributed by atoms with E-state index in [2.05, 4.69) is 5.10 Å². The van der Waals surface area contributed by atoms with Crippen LogP contribution in [0.2, 0.25) is 0 Å². The average molecular weight is 304 g/mol. The van der Waals surface area contributed by atoms with Crippen LogP contribution >= 0.6 is 0 Å². The SMILES string of the molecule is Cn1nc(C(F)(F)F)c(C(=O)O)c1Oc1ccc(F)cc1. The van der Waals surface area contributed by atoms with Gasteiger partial charge in [-0.05, 0) is 24.3 Å². The van der Waals surface area contributed by atoms with E-state index in [1.807, 2.05) is 0 Å². The third-order valence-corrected chi connectivity index (χ3v) is 2.51. The number of rotatable bonds is 3. The van der Waals surface area contributed by atoms with Crippen LogP contribution in [0.1, 0.15) is 16.1 Å². The van der Waals surface area contributed by atoms with Crippen LogP contribution in [0.25, 0.3) is 0 Å². The summed E-state index contributed by atoms with van der Waals surface area (Å²) in [5.74, 6) is -3.01. The van der Waals surface area contributed by atoms with Gasteiger partial charge in [0.2, 0.25) is 5.88 Å². The van der Waals surface area contributed by atoms with Gasteiger partial charge in [0.05, 0.1) is 0 Å². The van der Waals surface area contributed by atoms with Gasteiger partial charge in [0, 0.05) is 7.05 Å². The molecule has 0 aliphatic carbocycles. The summed E-state index contributed by atoms with van der Waals surface area (Å²) in [6.45, 7) is 0. The minimum Gasteiger partial charge on any atom is -0.477 e. The predicted molar refractivity (Wildman–Crippen MR) is 61.6 cm³/mol. The van der Waals surface area contributed by atoms with E-state index in [-0.39, 0.29) is 5.75 Å². The quantitative estimate of drug-likeness (QED) is 0.885. The summed E-state index contributed by atoms with van der Waals surface area (Å²) in [7, 11) is 1.11. The molecule has 9 heteroatoms. The number of carbonyl (C=O) groups is 1. The van der Waals surface area contributed by atoms with Crippen LogP contribution in [0.5, 0.6) is 11.6 Å². The Bertz CT molecular complexity index is 677. The first kappa shape index (κ1) is 14.8. The van der Waals surface area contributed by atoms with Crippen LogP contribution in [0.3, 0.4) is 0 Å². The van der Waals surface area contributed by atoms with Crippen molar-refractivity contribution >= 4 is 5.97 Å². The third kappa shape index (κ3) is 2.96. The topological polar surface area (TPSA) is 64.4 Å². The molecule has 0 saturated heterocycles. The summed E-state index contributed by atoms with van der Waals surface area (Å²) in [5, 5.41) is 12.1. The van der Waals surface area contributed by atoms with E-state index >= 15 is 0 Å². The van der Waals surface area contributed by atoms with E-state index in [4.69, 9.17) is 9.84 Å². The molecule has 1 N–H and O–H groups in total. The lowest BCUT2D eigenvalue weighted by Gasteiger charge is -2.07. The lowest BCUT2D eigenvalue weighted by molar-refractivity contribution is -0.141. The Kier molecular flexibility index (Phi) is 3.58. The molecule has 1 aromatic carbocycles. The van der Waals surface area contributed by atoms with Crippen LogP contribution in [0.4, 0.5) is 17.6 Å². The summed E-state index contributed by atoms with van der Waals surface area (Å²) in [5.41, 5.74) is -2.66. The van der Waals surface area contributed by atoms with Crippen molar-refractivity contribution in [2.24, 2.45) is 7.05 Å². The molecule has 0 fully saturated rings. The number of hydrogen-bond acceptors (Lipinski definition) is 3. The first-order chi connectivity index (χ1) is 9.70. The lowest BCUT2D eigenvalue weighted by atomic mass is 10.2. The maximum atomic E-state index is 12.8. The van der Waals surface area contributed by atoms with Crippen LogP contribution in [0, 0.1) is 5.82 Å². The van der Waals surface area contributed by atoms with Crippen LogP contribution in [-0.2, 0) is 13.2 Å². The van der Waals surface area contributed by atoms with Crippen LogP contribution in [0.15, 0.2) is 24.3 Å². The second-order valence-electron chi connectivity index (χ2n) is 4.01. The van der Waals surface area contributed by atoms with Crippen molar-refractivity contribution in [3.8, 4) is 11.6 Å². The zero-order valence-corrected chi connectivity index (χ0v) is 10.5. The highest BCUT2D eigenvalue weighted by Crippen LogP contribution is 2.36. The fourth-order valence-electron chi connectivity index (χ4n) is 1.63. The van der Waals surface area contributed by atoms with Gasteiger partial charge in [-0.3, -0.25) is 0 Å². The van der Waals surface area contributed by atoms with E-state index in [0.717, 1.165) is 31.3 Å². The number of ether oxygens (including phenoxy) is 1. The first-order valence-corrected chi connectivity index (χ1v) is 5.51. The third-order valence-electron chi connectivity index (χ3n) is 2.51. The van der Waals surface area contributed by atoms with Gasteiger partial charge in [-0.2, -0.15) is 18.3 Å². The fraction of sp³-hybridized carbons (Fsp3) is 0.167. The van der Waals surface area contributed by atoms with Crippen molar-refractivity contribution in [2.45, 2.75) is 6.18 Å². The molecule has 2 aromatic rings. The molecule has 5 nitrogen and oxygen atoms in total. The number of alkyl halides is 3. The predicted octanol–water partition coefficient (Wildman–Crippen LogP) is 3.07. The highest BCUT2D eigenvalue weighted by molar-refractivity contribution is 5.92. The number of hydrogen-bond donors (Lipinski definition) is 1. The van der Waals surface area contributed by atoms with Gasteiger partial charge in [0.25, 0.3) is 0 Å². The number of carboxylic acids is 1. The van der Waals surface area contributed by atoms with Crippen molar-refractivity contribution in [1.29, 1.82) is 0 Å². The summed E-state index contributed by atoms with van der Waals surface area (Å²) < 4.78 is 56.8. The number of carboxylic acid groups (broad SMARTS) is 1. The zero-order valence-electron chi connectivity index (χ0n) is 10.5. The molecule has 1 aromatic heterocycles. The summed E-state index contributed by atoms with van der Waals surface area (Å²) >= 11 is 0. The highest BCUT2D eigenvalue weighted by atomic mass is 19.4. The summed E-state index contributed by atoms with van der Waals surface area (Å²) in [6.07, 6.45) is -4.93. The second-order valence-corrected chi connectivity index (χ2v) is 4.01. The zero-order chi connectivity index (χ0) is 15.8. The van der Waals surface area contributed by atoms with Crippen molar-refractivity contribution in [3.63, 3.8) is 0 Å². The minimum absolute atomic E-state index is 0.0179. The highest BCUT2D eigenvalue weighted by Gasteiger charge is 2.42. The number of benzene rings is 1.